The molecule has 2 aliphatic rings. The maximum Gasteiger partial charge on any atom is 0.407 e. The van der Waals surface area contributed by atoms with Gasteiger partial charge in [-0.2, -0.15) is 0 Å². The minimum atomic E-state index is -0.908. The van der Waals surface area contributed by atoms with E-state index in [1.165, 1.54) is 17.3 Å². The number of rotatable bonds is 3. The molecule has 1 N–H and O–H groups in total. The van der Waals surface area contributed by atoms with Gasteiger partial charge in [-0.15, -0.1) is 0 Å². The molecule has 1 saturated heterocycles. The standard InChI is InChI=1S/C17H17ClN6O3/c18-11-1-2-13(21-9-11)24-12(14-15(16(24)25)20-4-3-19-14)10-22-5-7-23(8-6-22)17(26)27/h1-4,9,12H,5-8,10H2,(H,26,27). The van der Waals surface area contributed by atoms with Crippen molar-refractivity contribution in [3.8, 4) is 0 Å². The third-order valence-corrected chi connectivity index (χ3v) is 5.03. The summed E-state index contributed by atoms with van der Waals surface area (Å²) in [7, 11) is 0. The van der Waals surface area contributed by atoms with Crippen LogP contribution in [0.3, 0.4) is 0 Å². The Morgan fingerprint density at radius 3 is 2.56 bits per heavy atom. The minimum absolute atomic E-state index is 0.248. The number of piperazine rings is 1. The third-order valence-electron chi connectivity index (χ3n) is 4.81. The largest absolute Gasteiger partial charge is 0.465 e. The van der Waals surface area contributed by atoms with Crippen molar-refractivity contribution < 1.29 is 14.7 Å². The normalized spacial score (nSPS) is 20.0. The maximum absolute atomic E-state index is 12.9. The Morgan fingerprint density at radius 1 is 1.15 bits per heavy atom. The lowest BCUT2D eigenvalue weighted by Gasteiger charge is -2.36. The summed E-state index contributed by atoms with van der Waals surface area (Å²) in [6.45, 7) is 2.57. The lowest BCUT2D eigenvalue weighted by molar-refractivity contribution is 0.0955. The molecule has 140 valence electrons. The highest BCUT2D eigenvalue weighted by atomic mass is 35.5. The van der Waals surface area contributed by atoms with Crippen LogP contribution < -0.4 is 4.90 Å². The van der Waals surface area contributed by atoms with Crippen molar-refractivity contribution in [1.29, 1.82) is 0 Å². The number of fused-ring (bicyclic) bond motifs is 1. The molecule has 4 rings (SSSR count). The molecule has 0 bridgehead atoms. The highest BCUT2D eigenvalue weighted by molar-refractivity contribution is 6.30. The first-order valence-electron chi connectivity index (χ1n) is 8.51. The molecule has 0 radical (unpaired) electrons. The van der Waals surface area contributed by atoms with Gasteiger partial charge in [-0.1, -0.05) is 11.6 Å². The summed E-state index contributed by atoms with van der Waals surface area (Å²) in [6, 6.07) is 3.04. The highest BCUT2D eigenvalue weighted by Gasteiger charge is 2.42. The van der Waals surface area contributed by atoms with Gasteiger partial charge in [-0.05, 0) is 12.1 Å². The van der Waals surface area contributed by atoms with E-state index in [2.05, 4.69) is 19.9 Å². The molecular weight excluding hydrogens is 372 g/mol. The summed E-state index contributed by atoms with van der Waals surface area (Å²) in [4.78, 5) is 42.0. The van der Waals surface area contributed by atoms with Crippen molar-refractivity contribution in [2.75, 3.05) is 37.6 Å². The average molecular weight is 389 g/mol. The van der Waals surface area contributed by atoms with Crippen molar-refractivity contribution >= 4 is 29.4 Å². The molecule has 0 aliphatic carbocycles. The molecule has 4 heterocycles. The van der Waals surface area contributed by atoms with Crippen LogP contribution in [-0.2, 0) is 0 Å². The summed E-state index contributed by atoms with van der Waals surface area (Å²) >= 11 is 5.92. The number of hydrogen-bond acceptors (Lipinski definition) is 6. The Bertz CT molecular complexity index is 869. The fourth-order valence-electron chi connectivity index (χ4n) is 3.44. The van der Waals surface area contributed by atoms with Gasteiger partial charge >= 0.3 is 6.09 Å². The molecule has 10 heteroatoms. The first-order chi connectivity index (χ1) is 13.0. The van der Waals surface area contributed by atoms with Crippen LogP contribution in [-0.4, -0.2) is 74.6 Å². The number of amides is 2. The second kappa shape index (κ2) is 7.09. The molecule has 2 aromatic heterocycles. The summed E-state index contributed by atoms with van der Waals surface area (Å²) in [5, 5.41) is 9.59. The van der Waals surface area contributed by atoms with Gasteiger partial charge in [0, 0.05) is 51.3 Å². The molecule has 2 aromatic rings. The Hall–Kier alpha value is -2.78. The maximum atomic E-state index is 12.9. The van der Waals surface area contributed by atoms with E-state index in [0.29, 0.717) is 55.0 Å². The number of halogens is 1. The van der Waals surface area contributed by atoms with Gasteiger partial charge in [-0.3, -0.25) is 19.6 Å². The van der Waals surface area contributed by atoms with Gasteiger partial charge < -0.3 is 10.0 Å². The van der Waals surface area contributed by atoms with E-state index in [-0.39, 0.29) is 11.9 Å². The van der Waals surface area contributed by atoms with Crippen LogP contribution in [0.15, 0.2) is 30.7 Å². The van der Waals surface area contributed by atoms with Crippen LogP contribution in [0.5, 0.6) is 0 Å². The number of nitrogens with zero attached hydrogens (tertiary/aromatic N) is 6. The Labute approximate surface area is 160 Å². The van der Waals surface area contributed by atoms with E-state index in [9.17, 15) is 9.59 Å². The lowest BCUT2D eigenvalue weighted by Crippen LogP contribution is -2.50. The van der Waals surface area contributed by atoms with Gasteiger partial charge in [0.25, 0.3) is 5.91 Å². The average Bonchev–Trinajstić information content (AvgIpc) is 2.95. The predicted molar refractivity (Wildman–Crippen MR) is 96.9 cm³/mol. The molecule has 1 fully saturated rings. The van der Waals surface area contributed by atoms with Gasteiger partial charge in [0.15, 0.2) is 5.69 Å². The topological polar surface area (TPSA) is 103 Å². The smallest absolute Gasteiger partial charge is 0.407 e. The summed E-state index contributed by atoms with van der Waals surface area (Å²) < 4.78 is 0. The van der Waals surface area contributed by atoms with Crippen LogP contribution in [0.4, 0.5) is 10.6 Å². The zero-order valence-corrected chi connectivity index (χ0v) is 15.1. The molecule has 9 nitrogen and oxygen atoms in total. The number of carbonyl (C=O) groups excluding carboxylic acids is 1. The number of aromatic nitrogens is 3. The number of pyridine rings is 1. The van der Waals surface area contributed by atoms with Gasteiger partial charge in [0.2, 0.25) is 0 Å². The van der Waals surface area contributed by atoms with Crippen molar-refractivity contribution in [2.24, 2.45) is 0 Å². The Morgan fingerprint density at radius 2 is 1.89 bits per heavy atom. The molecule has 1 unspecified atom stereocenters. The monoisotopic (exact) mass is 388 g/mol. The van der Waals surface area contributed by atoms with Gasteiger partial charge in [0.05, 0.1) is 16.8 Å². The molecule has 2 amide bonds. The number of hydrogen-bond donors (Lipinski definition) is 1. The molecule has 0 saturated carbocycles. The van der Waals surface area contributed by atoms with E-state index < -0.39 is 6.09 Å². The van der Waals surface area contributed by atoms with E-state index in [1.807, 2.05) is 0 Å². The third kappa shape index (κ3) is 3.31. The number of carbonyl (C=O) groups is 2. The zero-order chi connectivity index (χ0) is 19.0. The fraction of sp³-hybridized carbons (Fsp3) is 0.353. The fourth-order valence-corrected chi connectivity index (χ4v) is 3.56. The minimum Gasteiger partial charge on any atom is -0.465 e. The van der Waals surface area contributed by atoms with Crippen molar-refractivity contribution in [3.63, 3.8) is 0 Å². The van der Waals surface area contributed by atoms with E-state index in [0.717, 1.165) is 0 Å². The van der Waals surface area contributed by atoms with Gasteiger partial charge in [0.1, 0.15) is 5.82 Å². The molecule has 0 spiro atoms. The summed E-state index contributed by atoms with van der Waals surface area (Å²) in [6.07, 6.45) is 3.66. The van der Waals surface area contributed by atoms with Crippen molar-refractivity contribution in [1.82, 2.24) is 24.8 Å². The van der Waals surface area contributed by atoms with Crippen LogP contribution in [0, 0.1) is 0 Å². The van der Waals surface area contributed by atoms with Crippen LogP contribution in [0.1, 0.15) is 22.2 Å². The first kappa shape index (κ1) is 17.6. The summed E-state index contributed by atoms with van der Waals surface area (Å²) in [5.74, 6) is 0.237. The molecule has 0 aromatic carbocycles. The zero-order valence-electron chi connectivity index (χ0n) is 14.3. The molecular formula is C17H17ClN6O3. The van der Waals surface area contributed by atoms with E-state index >= 15 is 0 Å². The Kier molecular flexibility index (Phi) is 4.63. The van der Waals surface area contributed by atoms with Crippen LogP contribution in [0.25, 0.3) is 0 Å². The second-order valence-electron chi connectivity index (χ2n) is 6.39. The van der Waals surface area contributed by atoms with Crippen LogP contribution >= 0.6 is 11.6 Å². The molecule has 1 atom stereocenters. The summed E-state index contributed by atoms with van der Waals surface area (Å²) in [5.41, 5.74) is 0.934. The SMILES string of the molecule is O=C(O)N1CCN(CC2c3nccnc3C(=O)N2c2ccc(Cl)cn2)CC1. The first-order valence-corrected chi connectivity index (χ1v) is 8.88. The molecule has 27 heavy (non-hydrogen) atoms. The van der Waals surface area contributed by atoms with Gasteiger partial charge in [-0.25, -0.2) is 14.8 Å². The number of anilines is 1. The van der Waals surface area contributed by atoms with Crippen molar-refractivity contribution in [2.45, 2.75) is 6.04 Å². The Balaban J connectivity index is 1.60. The van der Waals surface area contributed by atoms with E-state index in [1.54, 1.807) is 23.2 Å². The second-order valence-corrected chi connectivity index (χ2v) is 6.82. The van der Waals surface area contributed by atoms with E-state index in [4.69, 9.17) is 16.7 Å². The van der Waals surface area contributed by atoms with Crippen molar-refractivity contribution in [3.05, 3.63) is 47.1 Å². The lowest BCUT2D eigenvalue weighted by atomic mass is 10.1. The molecule has 2 aliphatic heterocycles. The predicted octanol–water partition coefficient (Wildman–Crippen LogP) is 1.52. The highest BCUT2D eigenvalue weighted by Crippen LogP contribution is 2.35. The number of carboxylic acid groups (broad SMARTS) is 1. The van der Waals surface area contributed by atoms with Crippen LogP contribution in [0.2, 0.25) is 5.02 Å². The quantitative estimate of drug-likeness (QED) is 0.850.